The Bertz CT molecular complexity index is 542. The van der Waals surface area contributed by atoms with Crippen molar-refractivity contribution >= 4 is 23.2 Å². The summed E-state index contributed by atoms with van der Waals surface area (Å²) in [5.41, 5.74) is 7.66. The Kier molecular flexibility index (Phi) is 3.83. The third-order valence-electron chi connectivity index (χ3n) is 3.46. The highest BCUT2D eigenvalue weighted by atomic mass is 16.2. The fourth-order valence-corrected chi connectivity index (χ4v) is 2.23. The molecule has 1 aromatic rings. The van der Waals surface area contributed by atoms with Crippen molar-refractivity contribution < 1.29 is 9.59 Å². The topological polar surface area (TPSA) is 78.7 Å². The van der Waals surface area contributed by atoms with Crippen LogP contribution in [-0.2, 0) is 4.79 Å². The monoisotopic (exact) mass is 276 g/mol. The predicted molar refractivity (Wildman–Crippen MR) is 78.5 cm³/mol. The van der Waals surface area contributed by atoms with E-state index in [4.69, 9.17) is 5.73 Å². The number of likely N-dealkylation sites (tertiary alicyclic amines) is 1. The number of nitrogens with one attached hydrogen (secondary N) is 1. The average molecular weight is 276 g/mol. The molecule has 1 aromatic carbocycles. The van der Waals surface area contributed by atoms with Crippen LogP contribution in [0.25, 0.3) is 0 Å². The van der Waals surface area contributed by atoms with Crippen LogP contribution in [0, 0.1) is 0 Å². The quantitative estimate of drug-likeness (QED) is 0.793. The maximum Gasteiger partial charge on any atom is 0.253 e. The molecule has 1 heterocycles. The van der Waals surface area contributed by atoms with E-state index in [1.165, 1.54) is 4.90 Å². The van der Waals surface area contributed by atoms with Gasteiger partial charge in [0.05, 0.1) is 11.4 Å². The molecule has 2 rings (SSSR count). The molecule has 1 aliphatic heterocycles. The second-order valence-electron chi connectivity index (χ2n) is 5.25. The van der Waals surface area contributed by atoms with Crippen molar-refractivity contribution in [1.82, 2.24) is 9.80 Å². The van der Waals surface area contributed by atoms with E-state index in [0.717, 1.165) is 13.0 Å². The number of nitrogen functional groups attached to an aromatic ring is 1. The van der Waals surface area contributed by atoms with Gasteiger partial charge in [-0.2, -0.15) is 0 Å². The minimum Gasteiger partial charge on any atom is -0.397 e. The number of likely N-dealkylation sites (N-methyl/N-ethyl adjacent to an activating group) is 1. The minimum atomic E-state index is -0.238. The molecule has 6 nitrogen and oxygen atoms in total. The Balaban J connectivity index is 2.14. The number of anilines is 2. The van der Waals surface area contributed by atoms with Crippen LogP contribution in [0.3, 0.4) is 0 Å². The third-order valence-corrected chi connectivity index (χ3v) is 3.46. The van der Waals surface area contributed by atoms with Crippen LogP contribution in [0.15, 0.2) is 18.2 Å². The summed E-state index contributed by atoms with van der Waals surface area (Å²) in [6.45, 7) is 0.744. The highest BCUT2D eigenvalue weighted by molar-refractivity contribution is 5.96. The molecule has 0 spiro atoms. The summed E-state index contributed by atoms with van der Waals surface area (Å²) in [5.74, 6) is -0.0298. The van der Waals surface area contributed by atoms with Crippen LogP contribution in [0.5, 0.6) is 0 Å². The lowest BCUT2D eigenvalue weighted by molar-refractivity contribution is -0.127. The molecular weight excluding hydrogens is 256 g/mol. The number of benzene rings is 1. The third kappa shape index (κ3) is 2.68. The largest absolute Gasteiger partial charge is 0.397 e. The van der Waals surface area contributed by atoms with Gasteiger partial charge in [0, 0.05) is 33.3 Å². The zero-order valence-electron chi connectivity index (χ0n) is 12.0. The summed E-state index contributed by atoms with van der Waals surface area (Å²) in [5, 5.41) is 3.14. The molecule has 6 heteroatoms. The zero-order valence-corrected chi connectivity index (χ0v) is 12.0. The van der Waals surface area contributed by atoms with Crippen LogP contribution < -0.4 is 11.1 Å². The van der Waals surface area contributed by atoms with Gasteiger partial charge < -0.3 is 20.9 Å². The summed E-state index contributed by atoms with van der Waals surface area (Å²) < 4.78 is 0. The molecule has 108 valence electrons. The minimum absolute atomic E-state index is 0.0674. The molecule has 2 amide bonds. The Labute approximate surface area is 118 Å². The van der Waals surface area contributed by atoms with E-state index in [1.54, 1.807) is 44.2 Å². The van der Waals surface area contributed by atoms with Crippen molar-refractivity contribution in [1.29, 1.82) is 0 Å². The second-order valence-corrected chi connectivity index (χ2v) is 5.25. The number of amides is 2. The molecule has 0 saturated carbocycles. The van der Waals surface area contributed by atoms with Crippen LogP contribution in [0.2, 0.25) is 0 Å². The van der Waals surface area contributed by atoms with E-state index >= 15 is 0 Å². The van der Waals surface area contributed by atoms with Gasteiger partial charge in [0.25, 0.3) is 5.91 Å². The Morgan fingerprint density at radius 1 is 1.45 bits per heavy atom. The van der Waals surface area contributed by atoms with Gasteiger partial charge in [-0.15, -0.1) is 0 Å². The number of nitrogens with two attached hydrogens (primary N) is 1. The van der Waals surface area contributed by atoms with E-state index < -0.39 is 0 Å². The molecule has 1 aliphatic rings. The van der Waals surface area contributed by atoms with Gasteiger partial charge in [-0.3, -0.25) is 9.59 Å². The van der Waals surface area contributed by atoms with E-state index in [-0.39, 0.29) is 17.9 Å². The molecule has 1 fully saturated rings. The van der Waals surface area contributed by atoms with Crippen molar-refractivity contribution in [2.45, 2.75) is 12.5 Å². The first kappa shape index (κ1) is 14.2. The van der Waals surface area contributed by atoms with E-state index in [9.17, 15) is 9.59 Å². The molecule has 1 saturated heterocycles. The van der Waals surface area contributed by atoms with Gasteiger partial charge in [-0.25, -0.2) is 0 Å². The lowest BCUT2D eigenvalue weighted by atomic mass is 10.1. The number of hydrogen-bond donors (Lipinski definition) is 2. The summed E-state index contributed by atoms with van der Waals surface area (Å²) in [4.78, 5) is 26.9. The van der Waals surface area contributed by atoms with Crippen molar-refractivity contribution in [2.75, 3.05) is 38.7 Å². The lowest BCUT2D eigenvalue weighted by Crippen LogP contribution is -2.31. The molecule has 0 aromatic heterocycles. The predicted octanol–water partition coefficient (Wildman–Crippen LogP) is 0.613. The van der Waals surface area contributed by atoms with E-state index in [1.807, 2.05) is 0 Å². The molecule has 0 bridgehead atoms. The first-order valence-electron chi connectivity index (χ1n) is 6.53. The maximum atomic E-state index is 11.8. The molecule has 1 atom stereocenters. The Morgan fingerprint density at radius 2 is 2.15 bits per heavy atom. The summed E-state index contributed by atoms with van der Waals surface area (Å²) in [6, 6.07) is 4.85. The fraction of sp³-hybridized carbons (Fsp3) is 0.429. The number of carbonyl (C=O) groups excluding carboxylic acids is 2. The summed E-state index contributed by atoms with van der Waals surface area (Å²) in [6.07, 6.45) is 0.757. The van der Waals surface area contributed by atoms with Gasteiger partial charge in [-0.1, -0.05) is 0 Å². The molecule has 20 heavy (non-hydrogen) atoms. The molecule has 1 unspecified atom stereocenters. The van der Waals surface area contributed by atoms with Crippen molar-refractivity contribution in [3.63, 3.8) is 0 Å². The van der Waals surface area contributed by atoms with Crippen molar-refractivity contribution in [3.8, 4) is 0 Å². The standard InChI is InChI=1S/C14H20N4O2/c1-17(2)13(19)9-4-5-11(10(15)8-9)16-12-6-7-18(3)14(12)20/h4-5,8,12,16H,6-7,15H2,1-3H3. The highest BCUT2D eigenvalue weighted by Gasteiger charge is 2.29. The van der Waals surface area contributed by atoms with Crippen LogP contribution in [0.4, 0.5) is 11.4 Å². The second kappa shape index (κ2) is 5.40. The first-order chi connectivity index (χ1) is 9.40. The molecule has 3 N–H and O–H groups in total. The normalized spacial score (nSPS) is 18.2. The van der Waals surface area contributed by atoms with E-state index in [0.29, 0.717) is 16.9 Å². The highest BCUT2D eigenvalue weighted by Crippen LogP contribution is 2.23. The first-order valence-corrected chi connectivity index (χ1v) is 6.53. The van der Waals surface area contributed by atoms with Crippen LogP contribution >= 0.6 is 0 Å². The number of hydrogen-bond acceptors (Lipinski definition) is 4. The Morgan fingerprint density at radius 3 is 2.65 bits per heavy atom. The van der Waals surface area contributed by atoms with Gasteiger partial charge in [0.1, 0.15) is 6.04 Å². The van der Waals surface area contributed by atoms with Gasteiger partial charge >= 0.3 is 0 Å². The van der Waals surface area contributed by atoms with Gasteiger partial charge in [0.2, 0.25) is 5.91 Å². The Hall–Kier alpha value is -2.24. The smallest absolute Gasteiger partial charge is 0.253 e. The van der Waals surface area contributed by atoms with Crippen LogP contribution in [-0.4, -0.2) is 55.3 Å². The maximum absolute atomic E-state index is 11.8. The molecule has 0 aliphatic carbocycles. The average Bonchev–Trinajstić information content (AvgIpc) is 2.72. The number of nitrogens with zero attached hydrogens (tertiary/aromatic N) is 2. The molecular formula is C14H20N4O2. The lowest BCUT2D eigenvalue weighted by Gasteiger charge is -2.16. The van der Waals surface area contributed by atoms with Gasteiger partial charge in [0.15, 0.2) is 0 Å². The van der Waals surface area contributed by atoms with Crippen LogP contribution in [0.1, 0.15) is 16.8 Å². The fourth-order valence-electron chi connectivity index (χ4n) is 2.23. The number of carbonyl (C=O) groups is 2. The molecule has 0 radical (unpaired) electrons. The number of rotatable bonds is 3. The SMILES string of the molecule is CN(C)C(=O)c1ccc(NC2CCN(C)C2=O)c(N)c1. The van der Waals surface area contributed by atoms with Gasteiger partial charge in [-0.05, 0) is 24.6 Å². The zero-order chi connectivity index (χ0) is 14.9. The van der Waals surface area contributed by atoms with E-state index in [2.05, 4.69) is 5.32 Å². The summed E-state index contributed by atoms with van der Waals surface area (Å²) >= 11 is 0. The summed E-state index contributed by atoms with van der Waals surface area (Å²) in [7, 11) is 5.17. The van der Waals surface area contributed by atoms with Crippen molar-refractivity contribution in [2.24, 2.45) is 0 Å². The van der Waals surface area contributed by atoms with Crippen molar-refractivity contribution in [3.05, 3.63) is 23.8 Å².